The highest BCUT2D eigenvalue weighted by atomic mass is 32.2. The van der Waals surface area contributed by atoms with E-state index in [0.29, 0.717) is 40.7 Å². The van der Waals surface area contributed by atoms with Crippen molar-refractivity contribution in [1.29, 1.82) is 5.26 Å². The number of hydrogen-bond donors (Lipinski definition) is 0. The molecular formula is C19H19N3O3S2. The van der Waals surface area contributed by atoms with Gasteiger partial charge in [-0.05, 0) is 35.9 Å². The largest absolute Gasteiger partial charge is 0.431 e. The Kier molecular flexibility index (Phi) is 5.85. The highest BCUT2D eigenvalue weighted by molar-refractivity contribution is 7.98. The number of rotatable bonds is 7. The van der Waals surface area contributed by atoms with Crippen LogP contribution in [0.1, 0.15) is 25.0 Å². The second-order valence-electron chi connectivity index (χ2n) is 5.80. The van der Waals surface area contributed by atoms with Gasteiger partial charge in [0.05, 0.1) is 16.5 Å². The third kappa shape index (κ3) is 4.16. The van der Waals surface area contributed by atoms with Gasteiger partial charge in [0.15, 0.2) is 5.58 Å². The van der Waals surface area contributed by atoms with E-state index < -0.39 is 10.0 Å². The quantitative estimate of drug-likeness (QED) is 0.556. The van der Waals surface area contributed by atoms with Crippen molar-refractivity contribution in [3.05, 3.63) is 53.6 Å². The lowest BCUT2D eigenvalue weighted by atomic mass is 10.2. The zero-order chi connectivity index (χ0) is 19.4. The van der Waals surface area contributed by atoms with Crippen LogP contribution < -0.4 is 0 Å². The van der Waals surface area contributed by atoms with E-state index in [-0.39, 0.29) is 4.90 Å². The second kappa shape index (κ2) is 8.13. The maximum absolute atomic E-state index is 12.7. The first-order chi connectivity index (χ1) is 13.0. The molecule has 1 aromatic heterocycles. The smallest absolute Gasteiger partial charge is 0.257 e. The lowest BCUT2D eigenvalue weighted by molar-refractivity contribution is 0.445. The molecule has 0 aliphatic carbocycles. The average Bonchev–Trinajstić information content (AvgIpc) is 3.09. The molecule has 0 atom stereocenters. The molecule has 6 nitrogen and oxygen atoms in total. The van der Waals surface area contributed by atoms with Gasteiger partial charge in [0.25, 0.3) is 5.22 Å². The molecule has 0 amide bonds. The Morgan fingerprint density at radius 1 is 1.19 bits per heavy atom. The monoisotopic (exact) mass is 401 g/mol. The molecule has 0 saturated carbocycles. The highest BCUT2D eigenvalue weighted by Gasteiger charge is 2.22. The van der Waals surface area contributed by atoms with Crippen molar-refractivity contribution in [3.63, 3.8) is 0 Å². The van der Waals surface area contributed by atoms with Gasteiger partial charge in [-0.25, -0.2) is 13.4 Å². The van der Waals surface area contributed by atoms with Crippen molar-refractivity contribution in [1.82, 2.24) is 9.29 Å². The summed E-state index contributed by atoms with van der Waals surface area (Å²) in [6, 6.07) is 14.2. The van der Waals surface area contributed by atoms with Gasteiger partial charge >= 0.3 is 0 Å². The van der Waals surface area contributed by atoms with Crippen LogP contribution in [-0.2, 0) is 15.8 Å². The van der Waals surface area contributed by atoms with Gasteiger partial charge in [-0.2, -0.15) is 9.57 Å². The molecule has 0 bridgehead atoms. The molecule has 0 spiro atoms. The van der Waals surface area contributed by atoms with Crippen LogP contribution in [0.25, 0.3) is 11.1 Å². The average molecular weight is 402 g/mol. The fourth-order valence-electron chi connectivity index (χ4n) is 2.70. The van der Waals surface area contributed by atoms with E-state index in [2.05, 4.69) is 11.1 Å². The molecule has 0 unspecified atom stereocenters. The molecule has 0 N–H and O–H groups in total. The number of thioether (sulfide) groups is 1. The molecule has 1 heterocycles. The number of nitrogens with zero attached hydrogens (tertiary/aromatic N) is 3. The van der Waals surface area contributed by atoms with Crippen molar-refractivity contribution in [3.8, 4) is 6.07 Å². The molecule has 3 rings (SSSR count). The molecule has 0 saturated heterocycles. The van der Waals surface area contributed by atoms with Gasteiger partial charge in [-0.1, -0.05) is 37.7 Å². The zero-order valence-corrected chi connectivity index (χ0v) is 16.7. The third-order valence-corrected chi connectivity index (χ3v) is 7.05. The summed E-state index contributed by atoms with van der Waals surface area (Å²) in [6.07, 6.45) is 0. The van der Waals surface area contributed by atoms with Crippen LogP contribution in [0.2, 0.25) is 0 Å². The Hall–Kier alpha value is -2.34. The van der Waals surface area contributed by atoms with Gasteiger partial charge < -0.3 is 4.42 Å². The maximum atomic E-state index is 12.7. The number of aromatic nitrogens is 1. The highest BCUT2D eigenvalue weighted by Crippen LogP contribution is 2.28. The van der Waals surface area contributed by atoms with Gasteiger partial charge in [0.2, 0.25) is 10.0 Å². The topological polar surface area (TPSA) is 87.2 Å². The zero-order valence-electron chi connectivity index (χ0n) is 15.0. The first-order valence-corrected chi connectivity index (χ1v) is 10.9. The molecule has 0 aliphatic heterocycles. The minimum absolute atomic E-state index is 0.213. The van der Waals surface area contributed by atoms with E-state index in [1.54, 1.807) is 24.3 Å². The van der Waals surface area contributed by atoms with Crippen LogP contribution in [0.3, 0.4) is 0 Å². The van der Waals surface area contributed by atoms with Crippen molar-refractivity contribution in [2.24, 2.45) is 0 Å². The van der Waals surface area contributed by atoms with Crippen molar-refractivity contribution in [2.75, 3.05) is 13.1 Å². The minimum Gasteiger partial charge on any atom is -0.431 e. The third-order valence-electron chi connectivity index (χ3n) is 4.10. The van der Waals surface area contributed by atoms with Crippen LogP contribution in [0.5, 0.6) is 0 Å². The number of nitriles is 1. The number of fused-ring (bicyclic) bond motifs is 1. The number of benzene rings is 2. The summed E-state index contributed by atoms with van der Waals surface area (Å²) >= 11 is 1.40. The summed E-state index contributed by atoms with van der Waals surface area (Å²) < 4.78 is 32.4. The molecule has 0 radical (unpaired) electrons. The van der Waals surface area contributed by atoms with Gasteiger partial charge in [-0.3, -0.25) is 0 Å². The Labute approximate surface area is 162 Å². The first kappa shape index (κ1) is 19.4. The Morgan fingerprint density at radius 2 is 1.96 bits per heavy atom. The number of sulfonamides is 1. The van der Waals surface area contributed by atoms with Crippen LogP contribution in [0.15, 0.2) is 57.0 Å². The van der Waals surface area contributed by atoms with Crippen molar-refractivity contribution < 1.29 is 12.8 Å². The van der Waals surface area contributed by atoms with E-state index >= 15 is 0 Å². The summed E-state index contributed by atoms with van der Waals surface area (Å²) in [7, 11) is -3.53. The number of oxazole rings is 1. The van der Waals surface area contributed by atoms with Gasteiger partial charge in [-0.15, -0.1) is 0 Å². The minimum atomic E-state index is -3.53. The molecule has 0 fully saturated rings. The summed E-state index contributed by atoms with van der Waals surface area (Å²) in [4.78, 5) is 4.62. The molecule has 0 aliphatic rings. The predicted molar refractivity (Wildman–Crippen MR) is 105 cm³/mol. The Morgan fingerprint density at radius 3 is 2.67 bits per heavy atom. The molecule has 8 heteroatoms. The van der Waals surface area contributed by atoms with Crippen LogP contribution in [0, 0.1) is 11.3 Å². The van der Waals surface area contributed by atoms with E-state index in [0.717, 1.165) is 5.56 Å². The predicted octanol–water partition coefficient (Wildman–Crippen LogP) is 4.02. The Bertz CT molecular complexity index is 1100. The van der Waals surface area contributed by atoms with E-state index in [4.69, 9.17) is 9.68 Å². The summed E-state index contributed by atoms with van der Waals surface area (Å²) in [5.41, 5.74) is 2.65. The Balaban J connectivity index is 1.82. The summed E-state index contributed by atoms with van der Waals surface area (Å²) in [5, 5.41) is 9.43. The molecule has 27 heavy (non-hydrogen) atoms. The van der Waals surface area contributed by atoms with Crippen molar-refractivity contribution >= 4 is 32.9 Å². The second-order valence-corrected chi connectivity index (χ2v) is 8.66. The van der Waals surface area contributed by atoms with E-state index in [1.807, 2.05) is 32.0 Å². The lowest BCUT2D eigenvalue weighted by Gasteiger charge is -2.18. The van der Waals surface area contributed by atoms with E-state index in [1.165, 1.54) is 16.1 Å². The molecular weight excluding hydrogens is 382 g/mol. The van der Waals surface area contributed by atoms with Crippen molar-refractivity contribution in [2.45, 2.75) is 29.7 Å². The normalized spacial score (nSPS) is 11.8. The fourth-order valence-corrected chi connectivity index (χ4v) is 4.96. The van der Waals surface area contributed by atoms with Gasteiger partial charge in [0.1, 0.15) is 5.52 Å². The summed E-state index contributed by atoms with van der Waals surface area (Å²) in [6.45, 7) is 4.45. The van der Waals surface area contributed by atoms with Gasteiger partial charge in [0, 0.05) is 18.8 Å². The maximum Gasteiger partial charge on any atom is 0.257 e. The molecule has 2 aromatic carbocycles. The van der Waals surface area contributed by atoms with Crippen LogP contribution in [-0.4, -0.2) is 30.8 Å². The molecule has 3 aromatic rings. The SMILES string of the molecule is CCN(CC)S(=O)(=O)c1ccc2oc(SCc3cccc(C#N)c3)nc2c1. The molecule has 140 valence electrons. The van der Waals surface area contributed by atoms with E-state index in [9.17, 15) is 8.42 Å². The first-order valence-electron chi connectivity index (χ1n) is 8.50. The standard InChI is InChI=1S/C19H19N3O3S2/c1-3-22(4-2)27(23,24)16-8-9-18-17(11-16)21-19(25-18)26-13-15-7-5-6-14(10-15)12-20/h5-11H,3-4,13H2,1-2H3. The lowest BCUT2D eigenvalue weighted by Crippen LogP contribution is -2.30. The van der Waals surface area contributed by atoms with Crippen LogP contribution in [0.4, 0.5) is 0 Å². The van der Waals surface area contributed by atoms with Crippen LogP contribution >= 0.6 is 11.8 Å². The number of hydrogen-bond acceptors (Lipinski definition) is 6. The summed E-state index contributed by atoms with van der Waals surface area (Å²) in [5.74, 6) is 0.604. The fraction of sp³-hybridized carbons (Fsp3) is 0.263.